The van der Waals surface area contributed by atoms with Gasteiger partial charge in [-0.1, -0.05) is 103 Å². The zero-order chi connectivity index (χ0) is 31.6. The molecule has 0 aliphatic carbocycles. The number of oxazole rings is 1. The van der Waals surface area contributed by atoms with E-state index in [0.29, 0.717) is 5.89 Å². The number of fused-ring (bicyclic) bond motifs is 6. The topological polar surface area (TPSA) is 31.0 Å². The fourth-order valence-corrected chi connectivity index (χ4v) is 7.16. The predicted molar refractivity (Wildman–Crippen MR) is 200 cm³/mol. The van der Waals surface area contributed by atoms with Gasteiger partial charge < -0.3 is 8.98 Å². The van der Waals surface area contributed by atoms with Crippen LogP contribution in [-0.4, -0.2) is 9.55 Å². The summed E-state index contributed by atoms with van der Waals surface area (Å²) in [6, 6.07) is 60.7. The van der Waals surface area contributed by atoms with Crippen molar-refractivity contribution in [1.82, 2.24) is 9.55 Å². The molecule has 0 radical (unpaired) electrons. The summed E-state index contributed by atoms with van der Waals surface area (Å²) in [5.74, 6) is 0.638. The first-order chi connectivity index (χ1) is 23.7. The second kappa shape index (κ2) is 10.5. The van der Waals surface area contributed by atoms with E-state index in [-0.39, 0.29) is 0 Å². The second-order valence-corrected chi connectivity index (χ2v) is 12.5. The van der Waals surface area contributed by atoms with Crippen molar-refractivity contribution in [1.29, 1.82) is 0 Å². The Morgan fingerprint density at radius 2 is 0.958 bits per heavy atom. The summed E-state index contributed by atoms with van der Waals surface area (Å²) in [4.78, 5) is 4.75. The van der Waals surface area contributed by atoms with Crippen LogP contribution in [0.1, 0.15) is 0 Å². The SMILES string of the molecule is c1ccc2cc(-c3ccc4cc(-c5ccc(-n6c7ccccc7c7cc(-c8nc9ccccc9o8)ccc76)cc5)ccc4c3)ccc2c1. The molecule has 10 rings (SSSR count). The van der Waals surface area contributed by atoms with E-state index in [2.05, 4.69) is 150 Å². The van der Waals surface area contributed by atoms with Crippen molar-refractivity contribution >= 4 is 54.5 Å². The third kappa shape index (κ3) is 4.33. The minimum absolute atomic E-state index is 0.638. The van der Waals surface area contributed by atoms with Gasteiger partial charge in [-0.25, -0.2) is 4.98 Å². The van der Waals surface area contributed by atoms with Crippen molar-refractivity contribution < 1.29 is 4.42 Å². The van der Waals surface area contributed by atoms with Crippen molar-refractivity contribution in [3.63, 3.8) is 0 Å². The normalized spacial score (nSPS) is 11.8. The zero-order valence-corrected chi connectivity index (χ0v) is 26.0. The van der Waals surface area contributed by atoms with Crippen LogP contribution < -0.4 is 0 Å². The van der Waals surface area contributed by atoms with Gasteiger partial charge in [0.2, 0.25) is 5.89 Å². The van der Waals surface area contributed by atoms with Gasteiger partial charge >= 0.3 is 0 Å². The Balaban J connectivity index is 1.000. The van der Waals surface area contributed by atoms with E-state index in [1.807, 2.05) is 24.3 Å². The molecule has 0 fully saturated rings. The second-order valence-electron chi connectivity index (χ2n) is 12.5. The first-order valence-electron chi connectivity index (χ1n) is 16.3. The summed E-state index contributed by atoms with van der Waals surface area (Å²) in [7, 11) is 0. The van der Waals surface area contributed by atoms with Gasteiger partial charge in [-0.05, 0) is 111 Å². The van der Waals surface area contributed by atoms with Crippen molar-refractivity contribution in [3.05, 3.63) is 170 Å². The number of para-hydroxylation sites is 3. The standard InChI is InChI=1S/C45H28N2O/c1-2-8-31-25-33(14-13-29(31)7-1)36-18-17-34-26-32(15-16-35(34)27-36)30-19-22-38(23-20-30)47-42-11-5-3-9-39(42)40-28-37(21-24-43(40)47)45-46-41-10-4-6-12-44(41)48-45/h1-28H. The number of hydrogen-bond donors (Lipinski definition) is 0. The minimum Gasteiger partial charge on any atom is -0.436 e. The van der Waals surface area contributed by atoms with E-state index < -0.39 is 0 Å². The lowest BCUT2D eigenvalue weighted by Crippen LogP contribution is -1.93. The Morgan fingerprint density at radius 1 is 0.396 bits per heavy atom. The summed E-state index contributed by atoms with van der Waals surface area (Å²) in [6.45, 7) is 0. The van der Waals surface area contributed by atoms with E-state index in [4.69, 9.17) is 9.40 Å². The molecule has 0 aliphatic heterocycles. The summed E-state index contributed by atoms with van der Waals surface area (Å²) >= 11 is 0. The highest BCUT2D eigenvalue weighted by molar-refractivity contribution is 6.10. The first kappa shape index (κ1) is 26.7. The van der Waals surface area contributed by atoms with Crippen molar-refractivity contribution in [2.45, 2.75) is 0 Å². The van der Waals surface area contributed by atoms with Crippen molar-refractivity contribution in [2.75, 3.05) is 0 Å². The fraction of sp³-hybridized carbons (Fsp3) is 0. The molecule has 2 aromatic heterocycles. The maximum absolute atomic E-state index is 6.11. The Kier molecular flexibility index (Phi) is 5.87. The lowest BCUT2D eigenvalue weighted by atomic mass is 9.96. The molecule has 0 saturated carbocycles. The average Bonchev–Trinajstić information content (AvgIpc) is 3.74. The van der Waals surface area contributed by atoms with E-state index in [0.717, 1.165) is 27.9 Å². The molecular weight excluding hydrogens is 585 g/mol. The van der Waals surface area contributed by atoms with Crippen LogP contribution in [0.5, 0.6) is 0 Å². The number of aromatic nitrogens is 2. The van der Waals surface area contributed by atoms with E-state index in [1.165, 1.54) is 60.1 Å². The predicted octanol–water partition coefficient (Wildman–Crippen LogP) is 12.2. The average molecular weight is 613 g/mol. The molecule has 0 spiro atoms. The number of benzene rings is 8. The van der Waals surface area contributed by atoms with Gasteiger partial charge in [-0.15, -0.1) is 0 Å². The molecule has 10 aromatic rings. The van der Waals surface area contributed by atoms with Crippen molar-refractivity contribution in [2.24, 2.45) is 0 Å². The Bertz CT molecular complexity index is 2800. The van der Waals surface area contributed by atoms with Gasteiger partial charge in [0.1, 0.15) is 5.52 Å². The van der Waals surface area contributed by atoms with Crippen LogP contribution in [0.2, 0.25) is 0 Å². The van der Waals surface area contributed by atoms with Crippen LogP contribution in [0.25, 0.3) is 93.8 Å². The highest BCUT2D eigenvalue weighted by Gasteiger charge is 2.15. The van der Waals surface area contributed by atoms with Crippen LogP contribution in [0.3, 0.4) is 0 Å². The van der Waals surface area contributed by atoms with E-state index in [1.54, 1.807) is 0 Å². The van der Waals surface area contributed by atoms with Crippen LogP contribution in [-0.2, 0) is 0 Å². The van der Waals surface area contributed by atoms with Crippen LogP contribution in [0, 0.1) is 0 Å². The molecular formula is C45H28N2O. The maximum atomic E-state index is 6.11. The van der Waals surface area contributed by atoms with Gasteiger partial charge in [0.25, 0.3) is 0 Å². The fourth-order valence-electron chi connectivity index (χ4n) is 7.16. The molecule has 0 unspecified atom stereocenters. The summed E-state index contributed by atoms with van der Waals surface area (Å²) in [5, 5.41) is 7.38. The maximum Gasteiger partial charge on any atom is 0.227 e. The lowest BCUT2D eigenvalue weighted by molar-refractivity contribution is 0.620. The summed E-state index contributed by atoms with van der Waals surface area (Å²) < 4.78 is 8.46. The molecule has 0 bridgehead atoms. The molecule has 0 N–H and O–H groups in total. The van der Waals surface area contributed by atoms with Gasteiger partial charge in [-0.3, -0.25) is 0 Å². The third-order valence-corrected chi connectivity index (χ3v) is 9.60. The Labute approximate surface area is 277 Å². The molecule has 3 nitrogen and oxygen atoms in total. The molecule has 48 heavy (non-hydrogen) atoms. The van der Waals surface area contributed by atoms with Crippen LogP contribution >= 0.6 is 0 Å². The van der Waals surface area contributed by atoms with Crippen molar-refractivity contribution in [3.8, 4) is 39.4 Å². The number of rotatable bonds is 4. The molecule has 0 amide bonds. The van der Waals surface area contributed by atoms with Gasteiger partial charge in [0.15, 0.2) is 5.58 Å². The van der Waals surface area contributed by atoms with Gasteiger partial charge in [-0.2, -0.15) is 0 Å². The highest BCUT2D eigenvalue weighted by atomic mass is 16.3. The third-order valence-electron chi connectivity index (χ3n) is 9.60. The zero-order valence-electron chi connectivity index (χ0n) is 26.0. The smallest absolute Gasteiger partial charge is 0.227 e. The quantitative estimate of drug-likeness (QED) is 0.198. The summed E-state index contributed by atoms with van der Waals surface area (Å²) in [5.41, 5.74) is 11.0. The van der Waals surface area contributed by atoms with Crippen LogP contribution in [0.4, 0.5) is 0 Å². The van der Waals surface area contributed by atoms with Crippen LogP contribution in [0.15, 0.2) is 174 Å². The van der Waals surface area contributed by atoms with Gasteiger partial charge in [0.05, 0.1) is 11.0 Å². The highest BCUT2D eigenvalue weighted by Crippen LogP contribution is 2.36. The minimum atomic E-state index is 0.638. The number of nitrogens with zero attached hydrogens (tertiary/aromatic N) is 2. The lowest BCUT2D eigenvalue weighted by Gasteiger charge is -2.11. The Morgan fingerprint density at radius 3 is 1.73 bits per heavy atom. The Hall–Kier alpha value is -6.45. The summed E-state index contributed by atoms with van der Waals surface area (Å²) in [6.07, 6.45) is 0. The largest absolute Gasteiger partial charge is 0.436 e. The molecule has 0 atom stereocenters. The molecule has 224 valence electrons. The first-order valence-corrected chi connectivity index (χ1v) is 16.3. The van der Waals surface area contributed by atoms with E-state index >= 15 is 0 Å². The van der Waals surface area contributed by atoms with E-state index in [9.17, 15) is 0 Å². The molecule has 2 heterocycles. The number of hydrogen-bond acceptors (Lipinski definition) is 2. The molecule has 3 heteroatoms. The molecule has 0 saturated heterocycles. The molecule has 8 aromatic carbocycles. The monoisotopic (exact) mass is 612 g/mol. The van der Waals surface area contributed by atoms with Gasteiger partial charge in [0, 0.05) is 22.0 Å². The molecule has 0 aliphatic rings.